The molecule has 2 heteroatoms. The van der Waals surface area contributed by atoms with Crippen LogP contribution in [0.5, 0.6) is 5.75 Å². The van der Waals surface area contributed by atoms with E-state index in [1.54, 1.807) is 12.1 Å². The third kappa shape index (κ3) is 1.21. The minimum Gasteiger partial charge on any atom is -0.508 e. The van der Waals surface area contributed by atoms with E-state index in [2.05, 4.69) is 5.32 Å². The summed E-state index contributed by atoms with van der Waals surface area (Å²) in [5.41, 5.74) is 1.27. The molecule has 1 atom stereocenters. The normalized spacial score (nSPS) is 22.7. The average Bonchev–Trinajstić information content (AvgIpc) is 1.90. The first kappa shape index (κ1) is 6.68. The molecule has 1 aliphatic heterocycles. The molecule has 1 aliphatic rings. The van der Waals surface area contributed by atoms with Gasteiger partial charge in [-0.05, 0) is 30.7 Å². The van der Waals surface area contributed by atoms with Crippen LogP contribution in [0.1, 0.15) is 18.0 Å². The minimum absolute atomic E-state index is 0.341. The van der Waals surface area contributed by atoms with Crippen LogP contribution in [0.15, 0.2) is 24.3 Å². The van der Waals surface area contributed by atoms with Crippen molar-refractivity contribution in [1.29, 1.82) is 0 Å². The molecule has 0 spiro atoms. The Hall–Kier alpha value is -1.02. The van der Waals surface area contributed by atoms with Crippen LogP contribution in [0.2, 0.25) is 0 Å². The second-order valence-corrected chi connectivity index (χ2v) is 2.89. The van der Waals surface area contributed by atoms with Crippen LogP contribution >= 0.6 is 0 Å². The van der Waals surface area contributed by atoms with Crippen molar-refractivity contribution < 1.29 is 5.11 Å². The molecular weight excluding hydrogens is 138 g/mol. The number of hydrogen-bond donors (Lipinski definition) is 2. The Bertz CT molecular complexity index is 238. The van der Waals surface area contributed by atoms with Gasteiger partial charge in [0.1, 0.15) is 5.75 Å². The van der Waals surface area contributed by atoms with Gasteiger partial charge in [-0.2, -0.15) is 0 Å². The maximum absolute atomic E-state index is 9.01. The number of nitrogens with one attached hydrogen (secondary N) is 1. The second kappa shape index (κ2) is 2.55. The summed E-state index contributed by atoms with van der Waals surface area (Å²) in [4.78, 5) is 0. The molecule has 11 heavy (non-hydrogen) atoms. The van der Waals surface area contributed by atoms with Crippen molar-refractivity contribution in [3.8, 4) is 5.75 Å². The van der Waals surface area contributed by atoms with Crippen LogP contribution in [0.3, 0.4) is 0 Å². The Morgan fingerprint density at radius 1 is 1.27 bits per heavy atom. The molecule has 1 fully saturated rings. The van der Waals surface area contributed by atoms with Gasteiger partial charge in [-0.3, -0.25) is 0 Å². The zero-order valence-corrected chi connectivity index (χ0v) is 6.25. The summed E-state index contributed by atoms with van der Waals surface area (Å²) in [5.74, 6) is 0.341. The lowest BCUT2D eigenvalue weighted by molar-refractivity contribution is 0.382. The summed E-state index contributed by atoms with van der Waals surface area (Å²) in [6.45, 7) is 1.12. The molecular formula is C9H11NO. The molecule has 1 heterocycles. The molecule has 2 rings (SSSR count). The lowest BCUT2D eigenvalue weighted by Gasteiger charge is -2.27. The quantitative estimate of drug-likeness (QED) is 0.633. The van der Waals surface area contributed by atoms with Crippen LogP contribution in [0.25, 0.3) is 0 Å². The van der Waals surface area contributed by atoms with Crippen LogP contribution in [0, 0.1) is 0 Å². The van der Waals surface area contributed by atoms with E-state index < -0.39 is 0 Å². The van der Waals surface area contributed by atoms with E-state index in [0.717, 1.165) is 6.54 Å². The van der Waals surface area contributed by atoms with Gasteiger partial charge >= 0.3 is 0 Å². The van der Waals surface area contributed by atoms with Crippen LogP contribution in [-0.2, 0) is 0 Å². The lowest BCUT2D eigenvalue weighted by Crippen LogP contribution is -2.34. The molecule has 2 N–H and O–H groups in total. The van der Waals surface area contributed by atoms with Gasteiger partial charge in [0, 0.05) is 6.04 Å². The zero-order valence-electron chi connectivity index (χ0n) is 6.25. The molecule has 0 unspecified atom stereocenters. The van der Waals surface area contributed by atoms with Crippen molar-refractivity contribution in [2.45, 2.75) is 12.5 Å². The maximum atomic E-state index is 9.01. The Balaban J connectivity index is 2.18. The molecule has 0 aliphatic carbocycles. The van der Waals surface area contributed by atoms with Crippen molar-refractivity contribution in [2.24, 2.45) is 0 Å². The van der Waals surface area contributed by atoms with Gasteiger partial charge in [-0.1, -0.05) is 12.1 Å². The summed E-state index contributed by atoms with van der Waals surface area (Å²) in [5, 5.41) is 12.3. The third-order valence-electron chi connectivity index (χ3n) is 2.12. The van der Waals surface area contributed by atoms with Crippen LogP contribution < -0.4 is 5.32 Å². The Morgan fingerprint density at radius 2 is 1.91 bits per heavy atom. The Labute approximate surface area is 65.9 Å². The molecule has 1 aromatic carbocycles. The molecule has 0 aromatic heterocycles. The number of phenols is 1. The monoisotopic (exact) mass is 149 g/mol. The van der Waals surface area contributed by atoms with Crippen LogP contribution in [-0.4, -0.2) is 11.7 Å². The smallest absolute Gasteiger partial charge is 0.115 e. The van der Waals surface area contributed by atoms with E-state index in [4.69, 9.17) is 5.11 Å². The minimum atomic E-state index is 0.341. The highest BCUT2D eigenvalue weighted by Crippen LogP contribution is 2.23. The average molecular weight is 149 g/mol. The lowest BCUT2D eigenvalue weighted by atomic mass is 9.98. The SMILES string of the molecule is Oc1ccc([C@@H]2CCN2)cc1. The summed E-state index contributed by atoms with van der Waals surface area (Å²) in [6, 6.07) is 7.92. The largest absolute Gasteiger partial charge is 0.508 e. The predicted molar refractivity (Wildman–Crippen MR) is 43.5 cm³/mol. The molecule has 1 aromatic rings. The van der Waals surface area contributed by atoms with Crippen molar-refractivity contribution in [3.05, 3.63) is 29.8 Å². The van der Waals surface area contributed by atoms with Crippen molar-refractivity contribution in [3.63, 3.8) is 0 Å². The molecule has 2 nitrogen and oxygen atoms in total. The summed E-state index contributed by atoms with van der Waals surface area (Å²) >= 11 is 0. The van der Waals surface area contributed by atoms with Gasteiger partial charge < -0.3 is 10.4 Å². The van der Waals surface area contributed by atoms with Gasteiger partial charge in [-0.15, -0.1) is 0 Å². The molecule has 58 valence electrons. The molecule has 1 saturated heterocycles. The fourth-order valence-corrected chi connectivity index (χ4v) is 1.28. The highest BCUT2D eigenvalue weighted by atomic mass is 16.3. The highest BCUT2D eigenvalue weighted by molar-refractivity contribution is 5.28. The van der Waals surface area contributed by atoms with E-state index in [9.17, 15) is 0 Å². The van der Waals surface area contributed by atoms with Gasteiger partial charge in [0.05, 0.1) is 0 Å². The van der Waals surface area contributed by atoms with Gasteiger partial charge in [0.15, 0.2) is 0 Å². The molecule has 0 radical (unpaired) electrons. The number of benzene rings is 1. The fourth-order valence-electron chi connectivity index (χ4n) is 1.28. The van der Waals surface area contributed by atoms with E-state index >= 15 is 0 Å². The number of rotatable bonds is 1. The van der Waals surface area contributed by atoms with E-state index in [1.165, 1.54) is 12.0 Å². The maximum Gasteiger partial charge on any atom is 0.115 e. The Morgan fingerprint density at radius 3 is 2.36 bits per heavy atom. The first-order valence-corrected chi connectivity index (χ1v) is 3.88. The third-order valence-corrected chi connectivity index (χ3v) is 2.12. The molecule has 0 amide bonds. The summed E-state index contributed by atoms with van der Waals surface area (Å²) in [6.07, 6.45) is 1.21. The van der Waals surface area contributed by atoms with Crippen molar-refractivity contribution in [2.75, 3.05) is 6.54 Å². The molecule has 0 bridgehead atoms. The number of aromatic hydroxyl groups is 1. The van der Waals surface area contributed by atoms with Gasteiger partial charge in [0.2, 0.25) is 0 Å². The van der Waals surface area contributed by atoms with Crippen molar-refractivity contribution >= 4 is 0 Å². The van der Waals surface area contributed by atoms with Crippen molar-refractivity contribution in [1.82, 2.24) is 5.32 Å². The standard InChI is InChI=1S/C9H11NO/c11-8-3-1-7(2-4-8)9-5-6-10-9/h1-4,9-11H,5-6H2/t9-/m0/s1. The van der Waals surface area contributed by atoms with Crippen LogP contribution in [0.4, 0.5) is 0 Å². The zero-order chi connectivity index (χ0) is 7.68. The van der Waals surface area contributed by atoms with E-state index in [0.29, 0.717) is 11.8 Å². The van der Waals surface area contributed by atoms with Gasteiger partial charge in [0.25, 0.3) is 0 Å². The topological polar surface area (TPSA) is 32.3 Å². The first-order chi connectivity index (χ1) is 5.36. The number of phenolic OH excluding ortho intramolecular Hbond substituents is 1. The fraction of sp³-hybridized carbons (Fsp3) is 0.333. The Kier molecular flexibility index (Phi) is 1.55. The van der Waals surface area contributed by atoms with E-state index in [1.807, 2.05) is 12.1 Å². The summed E-state index contributed by atoms with van der Waals surface area (Å²) < 4.78 is 0. The number of hydrogen-bond acceptors (Lipinski definition) is 2. The predicted octanol–water partition coefficient (Wildman–Crippen LogP) is 1.43. The summed E-state index contributed by atoms with van der Waals surface area (Å²) in [7, 11) is 0. The second-order valence-electron chi connectivity index (χ2n) is 2.89. The van der Waals surface area contributed by atoms with E-state index in [-0.39, 0.29) is 0 Å². The molecule has 0 saturated carbocycles. The van der Waals surface area contributed by atoms with Gasteiger partial charge in [-0.25, -0.2) is 0 Å². The first-order valence-electron chi connectivity index (χ1n) is 3.88. The highest BCUT2D eigenvalue weighted by Gasteiger charge is 2.17.